The van der Waals surface area contributed by atoms with Crippen LogP contribution in [0.3, 0.4) is 0 Å². The lowest BCUT2D eigenvalue weighted by Crippen LogP contribution is -2.03. The summed E-state index contributed by atoms with van der Waals surface area (Å²) in [6, 6.07) is 0. The molecule has 0 fully saturated rings. The molecule has 1 rings (SSSR count). The molecular weight excluding hydrogens is 156 g/mol. The highest BCUT2D eigenvalue weighted by atomic mass is 35.5. The van der Waals surface area contributed by atoms with Crippen molar-refractivity contribution >= 4 is 16.8 Å². The normalized spacial score (nSPS) is 24.1. The van der Waals surface area contributed by atoms with Gasteiger partial charge in [0.25, 0.3) is 5.24 Å². The van der Waals surface area contributed by atoms with Crippen LogP contribution in [-0.4, -0.2) is 11.5 Å². The minimum absolute atomic E-state index is 0.120. The Bertz CT molecular complexity index is 197. The molecule has 10 heavy (non-hydrogen) atoms. The number of rotatable bonds is 1. The molecule has 3 nitrogen and oxygen atoms in total. The summed E-state index contributed by atoms with van der Waals surface area (Å²) < 4.78 is 9.90. The van der Waals surface area contributed by atoms with Crippen LogP contribution >= 0.6 is 11.6 Å². The summed E-state index contributed by atoms with van der Waals surface area (Å²) in [6.45, 7) is 3.33. The monoisotopic (exact) mass is 162 g/mol. The first-order valence-corrected chi connectivity index (χ1v) is 3.23. The van der Waals surface area contributed by atoms with E-state index in [1.165, 1.54) is 0 Å². The average molecular weight is 163 g/mol. The second-order valence-corrected chi connectivity index (χ2v) is 2.31. The predicted molar refractivity (Wildman–Crippen MR) is 35.2 cm³/mol. The van der Waals surface area contributed by atoms with Crippen LogP contribution in [0.15, 0.2) is 11.5 Å². The number of hydrogen-bond donors (Lipinski definition) is 0. The summed E-state index contributed by atoms with van der Waals surface area (Å²) >= 11 is 5.14. The van der Waals surface area contributed by atoms with Crippen molar-refractivity contribution in [2.24, 2.45) is 0 Å². The third kappa shape index (κ3) is 1.24. The van der Waals surface area contributed by atoms with E-state index < -0.39 is 11.5 Å². The van der Waals surface area contributed by atoms with Gasteiger partial charge < -0.3 is 9.47 Å². The van der Waals surface area contributed by atoms with Gasteiger partial charge in [-0.05, 0) is 18.5 Å². The molecule has 0 spiro atoms. The Morgan fingerprint density at radius 3 is 2.40 bits per heavy atom. The Hall–Kier alpha value is -0.700. The molecule has 1 atom stereocenters. The van der Waals surface area contributed by atoms with Crippen molar-refractivity contribution < 1.29 is 14.3 Å². The number of carbonyl (C=O) groups excluding carboxylic acids is 1. The van der Waals surface area contributed by atoms with E-state index in [-0.39, 0.29) is 5.76 Å². The predicted octanol–water partition coefficient (Wildman–Crippen LogP) is 1.38. The zero-order valence-electron chi connectivity index (χ0n) is 5.68. The van der Waals surface area contributed by atoms with Gasteiger partial charge in [-0.15, -0.1) is 0 Å². The van der Waals surface area contributed by atoms with Gasteiger partial charge in [-0.2, -0.15) is 0 Å². The first-order chi connectivity index (χ1) is 4.61. The van der Waals surface area contributed by atoms with Crippen molar-refractivity contribution in [3.63, 3.8) is 0 Å². The number of halogens is 1. The Kier molecular flexibility index (Phi) is 1.85. The van der Waals surface area contributed by atoms with Gasteiger partial charge >= 0.3 is 0 Å². The fourth-order valence-electron chi connectivity index (χ4n) is 0.760. The van der Waals surface area contributed by atoms with E-state index in [4.69, 9.17) is 21.1 Å². The first-order valence-electron chi connectivity index (χ1n) is 2.85. The fourth-order valence-corrected chi connectivity index (χ4v) is 0.938. The molecule has 1 aliphatic heterocycles. The van der Waals surface area contributed by atoms with Crippen molar-refractivity contribution in [2.75, 3.05) is 0 Å². The van der Waals surface area contributed by atoms with Crippen LogP contribution in [0, 0.1) is 0 Å². The Labute approximate surface area is 63.6 Å². The minimum Gasteiger partial charge on any atom is -0.456 e. The lowest BCUT2D eigenvalue weighted by atomic mass is 10.5. The van der Waals surface area contributed by atoms with Crippen LogP contribution in [0.25, 0.3) is 0 Å². The number of hydrogen-bond acceptors (Lipinski definition) is 3. The Balaban J connectivity index is 2.76. The topological polar surface area (TPSA) is 35.5 Å². The van der Waals surface area contributed by atoms with E-state index in [2.05, 4.69) is 0 Å². The van der Waals surface area contributed by atoms with Crippen LogP contribution in [0.5, 0.6) is 0 Å². The van der Waals surface area contributed by atoms with Crippen LogP contribution < -0.4 is 0 Å². The van der Waals surface area contributed by atoms with Gasteiger partial charge in [0, 0.05) is 6.92 Å². The van der Waals surface area contributed by atoms with Gasteiger partial charge in [-0.3, -0.25) is 4.79 Å². The summed E-state index contributed by atoms with van der Waals surface area (Å²) in [7, 11) is 0. The van der Waals surface area contributed by atoms with Crippen LogP contribution in [0.4, 0.5) is 0 Å². The molecule has 0 aromatic heterocycles. The molecular formula is C6H7ClO3. The Morgan fingerprint density at radius 2 is 2.20 bits per heavy atom. The Morgan fingerprint density at radius 1 is 1.60 bits per heavy atom. The van der Waals surface area contributed by atoms with Crippen molar-refractivity contribution in [2.45, 2.75) is 20.1 Å². The van der Waals surface area contributed by atoms with Crippen molar-refractivity contribution in [3.05, 3.63) is 11.5 Å². The maximum atomic E-state index is 10.5. The zero-order chi connectivity index (χ0) is 7.72. The van der Waals surface area contributed by atoms with Gasteiger partial charge in [0.1, 0.15) is 5.76 Å². The smallest absolute Gasteiger partial charge is 0.290 e. The largest absolute Gasteiger partial charge is 0.456 e. The molecule has 0 amide bonds. The molecule has 0 saturated carbocycles. The van der Waals surface area contributed by atoms with E-state index in [9.17, 15) is 4.79 Å². The van der Waals surface area contributed by atoms with Crippen molar-refractivity contribution in [1.82, 2.24) is 0 Å². The number of allylic oxidation sites excluding steroid dienone is 2. The molecule has 1 unspecified atom stereocenters. The van der Waals surface area contributed by atoms with E-state index >= 15 is 0 Å². The zero-order valence-corrected chi connectivity index (χ0v) is 6.44. The van der Waals surface area contributed by atoms with E-state index in [0.29, 0.717) is 5.76 Å². The number of carbonyl (C=O) groups is 1. The summed E-state index contributed by atoms with van der Waals surface area (Å²) in [5, 5.41) is -0.609. The van der Waals surface area contributed by atoms with Crippen LogP contribution in [-0.2, 0) is 14.3 Å². The summed E-state index contributed by atoms with van der Waals surface area (Å²) in [5.74, 6) is 0.571. The van der Waals surface area contributed by atoms with Gasteiger partial charge in [0.15, 0.2) is 0 Å². The molecule has 56 valence electrons. The number of ether oxygens (including phenoxy) is 2. The third-order valence-electron chi connectivity index (χ3n) is 1.12. The average Bonchev–Trinajstić information content (AvgIpc) is 2.10. The molecule has 4 heteroatoms. The fraction of sp³-hybridized carbons (Fsp3) is 0.500. The van der Waals surface area contributed by atoms with E-state index in [0.717, 1.165) is 0 Å². The molecule has 1 aliphatic rings. The maximum Gasteiger partial charge on any atom is 0.290 e. The second kappa shape index (κ2) is 2.50. The van der Waals surface area contributed by atoms with Crippen molar-refractivity contribution in [1.29, 1.82) is 0 Å². The molecule has 0 bridgehead atoms. The highest BCUT2D eigenvalue weighted by molar-refractivity contribution is 6.67. The lowest BCUT2D eigenvalue weighted by molar-refractivity contribution is -0.113. The van der Waals surface area contributed by atoms with Gasteiger partial charge in [-0.25, -0.2) is 0 Å². The molecule has 0 aliphatic carbocycles. The maximum absolute atomic E-state index is 10.5. The molecule has 0 saturated heterocycles. The standard InChI is InChI=1S/C6H7ClO3/c1-3-5(6(7)8)10-4(2)9-3/h4H,1-2H3. The molecule has 0 aromatic carbocycles. The minimum atomic E-state index is -0.609. The summed E-state index contributed by atoms with van der Waals surface area (Å²) in [5.41, 5.74) is 0. The first kappa shape index (κ1) is 7.41. The summed E-state index contributed by atoms with van der Waals surface area (Å²) in [4.78, 5) is 10.5. The van der Waals surface area contributed by atoms with Gasteiger partial charge in [0.2, 0.25) is 12.0 Å². The molecule has 0 radical (unpaired) electrons. The molecule has 1 heterocycles. The van der Waals surface area contributed by atoms with E-state index in [1.807, 2.05) is 0 Å². The third-order valence-corrected chi connectivity index (χ3v) is 1.30. The lowest BCUT2D eigenvalue weighted by Gasteiger charge is -2.02. The van der Waals surface area contributed by atoms with Crippen LogP contribution in [0.2, 0.25) is 0 Å². The quantitative estimate of drug-likeness (QED) is 0.547. The van der Waals surface area contributed by atoms with E-state index in [1.54, 1.807) is 13.8 Å². The highest BCUT2D eigenvalue weighted by Gasteiger charge is 2.24. The SMILES string of the molecule is CC1=C(C(=O)Cl)OC(C)O1. The van der Waals surface area contributed by atoms with Gasteiger partial charge in [-0.1, -0.05) is 0 Å². The highest BCUT2D eigenvalue weighted by Crippen LogP contribution is 2.22. The molecule has 0 aromatic rings. The second-order valence-electron chi connectivity index (χ2n) is 1.96. The van der Waals surface area contributed by atoms with Gasteiger partial charge in [0.05, 0.1) is 0 Å². The summed E-state index contributed by atoms with van der Waals surface area (Å²) in [6.07, 6.45) is -0.391. The van der Waals surface area contributed by atoms with Crippen molar-refractivity contribution in [3.8, 4) is 0 Å². The van der Waals surface area contributed by atoms with Crippen LogP contribution in [0.1, 0.15) is 13.8 Å². The molecule has 0 N–H and O–H groups in total.